The van der Waals surface area contributed by atoms with Gasteiger partial charge in [0.2, 0.25) is 5.91 Å². The van der Waals surface area contributed by atoms with Gasteiger partial charge in [-0.3, -0.25) is 4.79 Å². The molecule has 122 valence electrons. The van der Waals surface area contributed by atoms with Crippen LogP contribution in [0, 0.1) is 0 Å². The highest BCUT2D eigenvalue weighted by atomic mass is 32.1. The number of thiophene rings is 1. The maximum Gasteiger partial charge on any atom is 0.358 e. The zero-order valence-corrected chi connectivity index (χ0v) is 13.6. The van der Waals surface area contributed by atoms with Crippen molar-refractivity contribution in [3.8, 4) is 0 Å². The molecule has 3 heterocycles. The number of likely N-dealkylation sites (tertiary alicyclic amines) is 1. The fraction of sp³-hybridized carbons (Fsp3) is 0.467. The Bertz CT molecular complexity index is 689. The first-order valence-corrected chi connectivity index (χ1v) is 8.41. The van der Waals surface area contributed by atoms with Gasteiger partial charge in [-0.1, -0.05) is 11.3 Å². The molecule has 8 heteroatoms. The molecular formula is C15H18N4O3S. The summed E-state index contributed by atoms with van der Waals surface area (Å²) in [5, 5.41) is 18.4. The number of nitrogens with zero attached hydrogens (tertiary/aromatic N) is 4. The quantitative estimate of drug-likeness (QED) is 0.924. The Morgan fingerprint density at radius 2 is 2.13 bits per heavy atom. The third-order valence-electron chi connectivity index (χ3n) is 4.22. The van der Waals surface area contributed by atoms with Crippen LogP contribution in [0.4, 0.5) is 0 Å². The molecule has 3 rings (SSSR count). The van der Waals surface area contributed by atoms with Crippen molar-refractivity contribution in [2.24, 2.45) is 0 Å². The molecule has 2 aromatic heterocycles. The Morgan fingerprint density at radius 1 is 1.39 bits per heavy atom. The van der Waals surface area contributed by atoms with Gasteiger partial charge in [0.25, 0.3) is 0 Å². The Kier molecular flexibility index (Phi) is 4.42. The molecule has 23 heavy (non-hydrogen) atoms. The highest BCUT2D eigenvalue weighted by Crippen LogP contribution is 2.27. The first-order valence-electron chi connectivity index (χ1n) is 7.53. The summed E-state index contributed by atoms with van der Waals surface area (Å²) in [6, 6.07) is 4.04. The number of hydrogen-bond donors (Lipinski definition) is 1. The van der Waals surface area contributed by atoms with Crippen molar-refractivity contribution in [3.63, 3.8) is 0 Å². The van der Waals surface area contributed by atoms with Gasteiger partial charge in [-0.25, -0.2) is 9.48 Å². The summed E-state index contributed by atoms with van der Waals surface area (Å²) in [5.74, 6) is -1.04. The molecule has 1 N–H and O–H groups in total. The van der Waals surface area contributed by atoms with E-state index in [1.54, 1.807) is 16.0 Å². The van der Waals surface area contributed by atoms with Crippen LogP contribution >= 0.6 is 11.3 Å². The van der Waals surface area contributed by atoms with Crippen molar-refractivity contribution in [3.05, 3.63) is 34.3 Å². The molecule has 1 aliphatic heterocycles. The van der Waals surface area contributed by atoms with Crippen LogP contribution in [0.5, 0.6) is 0 Å². The summed E-state index contributed by atoms with van der Waals surface area (Å²) in [6.07, 6.45) is 2.97. The number of amides is 1. The molecule has 1 aliphatic rings. The molecule has 1 unspecified atom stereocenters. The molecule has 0 aliphatic carbocycles. The molecule has 0 aromatic carbocycles. The zero-order valence-electron chi connectivity index (χ0n) is 12.8. The van der Waals surface area contributed by atoms with Crippen molar-refractivity contribution in [1.82, 2.24) is 19.9 Å². The van der Waals surface area contributed by atoms with E-state index in [4.69, 9.17) is 5.11 Å². The lowest BCUT2D eigenvalue weighted by molar-refractivity contribution is -0.133. The van der Waals surface area contributed by atoms with Crippen LogP contribution in [0.2, 0.25) is 0 Å². The van der Waals surface area contributed by atoms with Gasteiger partial charge in [-0.2, -0.15) is 0 Å². The number of aromatic nitrogens is 3. The first-order chi connectivity index (χ1) is 11.1. The summed E-state index contributed by atoms with van der Waals surface area (Å²) in [7, 11) is 0. The summed E-state index contributed by atoms with van der Waals surface area (Å²) >= 11 is 1.60. The lowest BCUT2D eigenvalue weighted by Gasteiger charge is -2.33. The van der Waals surface area contributed by atoms with Crippen molar-refractivity contribution in [1.29, 1.82) is 0 Å². The van der Waals surface area contributed by atoms with Gasteiger partial charge in [0.05, 0.1) is 18.2 Å². The Hall–Kier alpha value is -2.22. The van der Waals surface area contributed by atoms with Gasteiger partial charge in [-0.15, -0.1) is 16.4 Å². The Labute approximate surface area is 137 Å². The largest absolute Gasteiger partial charge is 0.476 e. The minimum absolute atomic E-state index is 0.0465. The zero-order chi connectivity index (χ0) is 16.4. The van der Waals surface area contributed by atoms with Crippen molar-refractivity contribution in [2.75, 3.05) is 13.1 Å². The van der Waals surface area contributed by atoms with Crippen LogP contribution in [-0.2, 0) is 4.79 Å². The van der Waals surface area contributed by atoms with Crippen LogP contribution in [0.1, 0.15) is 47.1 Å². The normalized spacial score (nSPS) is 17.2. The fourth-order valence-electron chi connectivity index (χ4n) is 2.84. The third kappa shape index (κ3) is 3.26. The highest BCUT2D eigenvalue weighted by Gasteiger charge is 2.28. The minimum Gasteiger partial charge on any atom is -0.476 e. The molecule has 0 radical (unpaired) electrons. The van der Waals surface area contributed by atoms with Gasteiger partial charge in [0.15, 0.2) is 5.69 Å². The van der Waals surface area contributed by atoms with Gasteiger partial charge < -0.3 is 10.0 Å². The maximum absolute atomic E-state index is 12.6. The SMILES string of the molecule is CC(C(=O)N1CCC(n2cc(C(=O)O)nn2)CC1)c1cccs1. The molecule has 0 spiro atoms. The van der Waals surface area contributed by atoms with Crippen molar-refractivity contribution in [2.45, 2.75) is 31.7 Å². The number of carboxylic acid groups (broad SMARTS) is 1. The van der Waals surface area contributed by atoms with Gasteiger partial charge in [0.1, 0.15) is 0 Å². The van der Waals surface area contributed by atoms with E-state index in [0.29, 0.717) is 13.1 Å². The van der Waals surface area contributed by atoms with Crippen molar-refractivity contribution >= 4 is 23.2 Å². The van der Waals surface area contributed by atoms with E-state index in [0.717, 1.165) is 17.7 Å². The molecule has 0 saturated carbocycles. The maximum atomic E-state index is 12.6. The van der Waals surface area contributed by atoms with E-state index in [2.05, 4.69) is 10.3 Å². The standard InChI is InChI=1S/C15H18N4O3S/c1-10(13-3-2-8-23-13)14(20)18-6-4-11(5-7-18)19-9-12(15(21)22)16-17-19/h2-3,8-11H,4-7H2,1H3,(H,21,22). The van der Waals surface area contributed by atoms with E-state index < -0.39 is 5.97 Å². The Morgan fingerprint density at radius 3 is 2.70 bits per heavy atom. The van der Waals surface area contributed by atoms with Gasteiger partial charge in [0, 0.05) is 18.0 Å². The third-order valence-corrected chi connectivity index (χ3v) is 5.28. The first kappa shape index (κ1) is 15.7. The number of carboxylic acids is 1. The lowest BCUT2D eigenvalue weighted by atomic mass is 10.0. The van der Waals surface area contributed by atoms with E-state index in [1.807, 2.05) is 29.3 Å². The fourth-order valence-corrected chi connectivity index (χ4v) is 3.61. The molecule has 1 fully saturated rings. The topological polar surface area (TPSA) is 88.3 Å². The predicted octanol–water partition coefficient (Wildman–Crippen LogP) is 2.00. The van der Waals surface area contributed by atoms with Gasteiger partial charge in [-0.05, 0) is 31.2 Å². The van der Waals surface area contributed by atoms with Crippen LogP contribution in [0.15, 0.2) is 23.7 Å². The van der Waals surface area contributed by atoms with E-state index >= 15 is 0 Å². The molecule has 1 amide bonds. The lowest BCUT2D eigenvalue weighted by Crippen LogP contribution is -2.41. The summed E-state index contributed by atoms with van der Waals surface area (Å²) in [5.41, 5.74) is -0.0465. The number of carbonyl (C=O) groups excluding carboxylic acids is 1. The van der Waals surface area contributed by atoms with E-state index in [-0.39, 0.29) is 23.6 Å². The number of carbonyl (C=O) groups is 2. The molecule has 2 aromatic rings. The minimum atomic E-state index is -1.08. The monoisotopic (exact) mass is 334 g/mol. The molecule has 1 saturated heterocycles. The molecule has 0 bridgehead atoms. The average molecular weight is 334 g/mol. The van der Waals surface area contributed by atoms with Crippen LogP contribution in [0.3, 0.4) is 0 Å². The highest BCUT2D eigenvalue weighted by molar-refractivity contribution is 7.10. The van der Waals surface area contributed by atoms with Crippen LogP contribution in [0.25, 0.3) is 0 Å². The number of rotatable bonds is 4. The Balaban J connectivity index is 1.59. The second-order valence-corrected chi connectivity index (χ2v) is 6.66. The number of hydrogen-bond acceptors (Lipinski definition) is 5. The van der Waals surface area contributed by atoms with Crippen LogP contribution in [-0.4, -0.2) is 50.0 Å². The average Bonchev–Trinajstić information content (AvgIpc) is 3.25. The van der Waals surface area contributed by atoms with Gasteiger partial charge >= 0.3 is 5.97 Å². The van der Waals surface area contributed by atoms with Crippen LogP contribution < -0.4 is 0 Å². The predicted molar refractivity (Wildman–Crippen MR) is 84.6 cm³/mol. The van der Waals surface area contributed by atoms with E-state index in [9.17, 15) is 9.59 Å². The van der Waals surface area contributed by atoms with Crippen molar-refractivity contribution < 1.29 is 14.7 Å². The smallest absolute Gasteiger partial charge is 0.358 e. The molecule has 1 atom stereocenters. The summed E-state index contributed by atoms with van der Waals surface area (Å²) < 4.78 is 1.61. The molecular weight excluding hydrogens is 316 g/mol. The summed E-state index contributed by atoms with van der Waals surface area (Å²) in [6.45, 7) is 3.25. The second kappa shape index (κ2) is 6.49. The van der Waals surface area contributed by atoms with E-state index in [1.165, 1.54) is 6.20 Å². The number of aromatic carboxylic acids is 1. The second-order valence-electron chi connectivity index (χ2n) is 5.68. The molecule has 7 nitrogen and oxygen atoms in total. The number of piperidine rings is 1. The summed E-state index contributed by atoms with van der Waals surface area (Å²) in [4.78, 5) is 26.4.